The Bertz CT molecular complexity index is 1010. The number of hydrogen-bond donors (Lipinski definition) is 1. The third kappa shape index (κ3) is 5.17. The second-order valence-corrected chi connectivity index (χ2v) is 8.43. The Morgan fingerprint density at radius 3 is 2.50 bits per heavy atom. The Morgan fingerprint density at radius 2 is 1.87 bits per heavy atom. The SMILES string of the molecule is C=CCN1C(=O)/C(=C/c2ccc(OCC(=O)Nc3c(C)cccc3C)cc2)SC1=S. The molecule has 7 heteroatoms. The van der Waals surface area contributed by atoms with Crippen LogP contribution in [0.4, 0.5) is 5.69 Å². The number of hydrogen-bond acceptors (Lipinski definition) is 5. The molecule has 0 saturated carbocycles. The highest BCUT2D eigenvalue weighted by Gasteiger charge is 2.30. The highest BCUT2D eigenvalue weighted by atomic mass is 32.2. The van der Waals surface area contributed by atoms with Gasteiger partial charge in [-0.05, 0) is 48.7 Å². The summed E-state index contributed by atoms with van der Waals surface area (Å²) in [6.45, 7) is 7.86. The molecule has 1 aliphatic rings. The van der Waals surface area contributed by atoms with Crippen molar-refractivity contribution >= 4 is 51.9 Å². The maximum absolute atomic E-state index is 12.4. The van der Waals surface area contributed by atoms with Gasteiger partial charge in [-0.2, -0.15) is 0 Å². The molecular weight excluding hydrogens is 416 g/mol. The van der Waals surface area contributed by atoms with Crippen molar-refractivity contribution in [1.82, 2.24) is 4.90 Å². The smallest absolute Gasteiger partial charge is 0.266 e. The van der Waals surface area contributed by atoms with Gasteiger partial charge in [-0.25, -0.2) is 0 Å². The molecule has 0 aliphatic carbocycles. The van der Waals surface area contributed by atoms with Crippen molar-refractivity contribution < 1.29 is 14.3 Å². The maximum Gasteiger partial charge on any atom is 0.266 e. The summed E-state index contributed by atoms with van der Waals surface area (Å²) >= 11 is 6.52. The predicted octanol–water partition coefficient (Wildman–Crippen LogP) is 4.71. The number of para-hydroxylation sites is 1. The second-order valence-electron chi connectivity index (χ2n) is 6.75. The van der Waals surface area contributed by atoms with Crippen LogP contribution in [0.2, 0.25) is 0 Å². The number of amides is 2. The topological polar surface area (TPSA) is 58.6 Å². The van der Waals surface area contributed by atoms with E-state index in [4.69, 9.17) is 17.0 Å². The minimum absolute atomic E-state index is 0.0899. The van der Waals surface area contributed by atoms with E-state index in [0.29, 0.717) is 21.5 Å². The minimum Gasteiger partial charge on any atom is -0.484 e. The van der Waals surface area contributed by atoms with Crippen LogP contribution in [0.1, 0.15) is 16.7 Å². The Balaban J connectivity index is 1.59. The van der Waals surface area contributed by atoms with Gasteiger partial charge in [-0.15, -0.1) is 6.58 Å². The van der Waals surface area contributed by atoms with Gasteiger partial charge in [-0.3, -0.25) is 14.5 Å². The number of carbonyl (C=O) groups excluding carboxylic acids is 2. The number of rotatable bonds is 7. The molecule has 1 fully saturated rings. The van der Waals surface area contributed by atoms with E-state index in [0.717, 1.165) is 22.4 Å². The molecular formula is C23H22N2O3S2. The lowest BCUT2D eigenvalue weighted by Gasteiger charge is -2.12. The van der Waals surface area contributed by atoms with Gasteiger partial charge in [0.05, 0.1) is 4.91 Å². The first-order valence-corrected chi connectivity index (χ1v) is 10.6. The zero-order valence-corrected chi connectivity index (χ0v) is 18.4. The van der Waals surface area contributed by atoms with Gasteiger partial charge in [0.2, 0.25) is 0 Å². The average Bonchev–Trinajstić information content (AvgIpc) is 2.98. The van der Waals surface area contributed by atoms with Crippen LogP contribution in [0.3, 0.4) is 0 Å². The molecule has 0 unspecified atom stereocenters. The van der Waals surface area contributed by atoms with E-state index in [1.807, 2.05) is 44.2 Å². The molecule has 1 N–H and O–H groups in total. The first-order valence-electron chi connectivity index (χ1n) is 9.34. The quantitative estimate of drug-likeness (QED) is 0.385. The first-order chi connectivity index (χ1) is 14.4. The van der Waals surface area contributed by atoms with Crippen molar-refractivity contribution in [2.24, 2.45) is 0 Å². The van der Waals surface area contributed by atoms with Crippen molar-refractivity contribution in [2.45, 2.75) is 13.8 Å². The number of aryl methyl sites for hydroxylation is 2. The van der Waals surface area contributed by atoms with Crippen LogP contribution < -0.4 is 10.1 Å². The Morgan fingerprint density at radius 1 is 1.20 bits per heavy atom. The zero-order chi connectivity index (χ0) is 21.7. The van der Waals surface area contributed by atoms with Crippen molar-refractivity contribution in [2.75, 3.05) is 18.5 Å². The number of anilines is 1. The van der Waals surface area contributed by atoms with Crippen molar-refractivity contribution in [3.05, 3.63) is 76.7 Å². The third-order valence-electron chi connectivity index (χ3n) is 4.48. The molecule has 0 radical (unpaired) electrons. The monoisotopic (exact) mass is 438 g/mol. The highest BCUT2D eigenvalue weighted by molar-refractivity contribution is 8.26. The molecule has 0 aromatic heterocycles. The molecule has 1 aliphatic heterocycles. The van der Waals surface area contributed by atoms with Crippen LogP contribution >= 0.6 is 24.0 Å². The summed E-state index contributed by atoms with van der Waals surface area (Å²) in [7, 11) is 0. The van der Waals surface area contributed by atoms with Gasteiger partial charge in [0.15, 0.2) is 6.61 Å². The maximum atomic E-state index is 12.4. The summed E-state index contributed by atoms with van der Waals surface area (Å²) in [5, 5.41) is 2.89. The van der Waals surface area contributed by atoms with Crippen LogP contribution in [0.15, 0.2) is 60.0 Å². The number of thiocarbonyl (C=S) groups is 1. The summed E-state index contributed by atoms with van der Waals surface area (Å²) < 4.78 is 6.12. The summed E-state index contributed by atoms with van der Waals surface area (Å²) in [6, 6.07) is 13.1. The van der Waals surface area contributed by atoms with E-state index in [-0.39, 0.29) is 18.4 Å². The fourth-order valence-corrected chi connectivity index (χ4v) is 4.21. The Kier molecular flexibility index (Phi) is 7.07. The number of nitrogens with zero attached hydrogens (tertiary/aromatic N) is 1. The first kappa shape index (κ1) is 21.8. The van der Waals surface area contributed by atoms with Gasteiger partial charge in [0.25, 0.3) is 11.8 Å². The summed E-state index contributed by atoms with van der Waals surface area (Å²) in [6.07, 6.45) is 3.44. The van der Waals surface area contributed by atoms with Crippen molar-refractivity contribution in [3.8, 4) is 5.75 Å². The van der Waals surface area contributed by atoms with Gasteiger partial charge in [0.1, 0.15) is 10.1 Å². The van der Waals surface area contributed by atoms with E-state index < -0.39 is 0 Å². The van der Waals surface area contributed by atoms with Crippen LogP contribution in [0.5, 0.6) is 5.75 Å². The number of carbonyl (C=O) groups is 2. The molecule has 2 aromatic carbocycles. The lowest BCUT2D eigenvalue weighted by molar-refractivity contribution is -0.121. The Hall–Kier alpha value is -2.90. The average molecular weight is 439 g/mol. The largest absolute Gasteiger partial charge is 0.484 e. The normalized spacial score (nSPS) is 14.9. The Labute approximate surface area is 185 Å². The molecule has 3 rings (SSSR count). The van der Waals surface area contributed by atoms with E-state index in [1.54, 1.807) is 24.3 Å². The highest BCUT2D eigenvalue weighted by Crippen LogP contribution is 2.32. The van der Waals surface area contributed by atoms with E-state index in [9.17, 15) is 9.59 Å². The predicted molar refractivity (Wildman–Crippen MR) is 127 cm³/mol. The molecule has 1 heterocycles. The number of thioether (sulfide) groups is 1. The lowest BCUT2D eigenvalue weighted by atomic mass is 10.1. The molecule has 1 saturated heterocycles. The van der Waals surface area contributed by atoms with Gasteiger partial charge < -0.3 is 10.1 Å². The van der Waals surface area contributed by atoms with Crippen molar-refractivity contribution in [3.63, 3.8) is 0 Å². The number of ether oxygens (including phenoxy) is 1. The van der Waals surface area contributed by atoms with Crippen molar-refractivity contribution in [1.29, 1.82) is 0 Å². The lowest BCUT2D eigenvalue weighted by Crippen LogP contribution is -2.27. The van der Waals surface area contributed by atoms with E-state index in [1.165, 1.54) is 16.7 Å². The summed E-state index contributed by atoms with van der Waals surface area (Å²) in [5.74, 6) is 0.235. The van der Waals surface area contributed by atoms with Crippen LogP contribution in [0, 0.1) is 13.8 Å². The van der Waals surface area contributed by atoms with Gasteiger partial charge >= 0.3 is 0 Å². The van der Waals surface area contributed by atoms with Crippen LogP contribution in [-0.2, 0) is 9.59 Å². The number of benzene rings is 2. The van der Waals surface area contributed by atoms with Gasteiger partial charge in [0, 0.05) is 12.2 Å². The second kappa shape index (κ2) is 9.73. The minimum atomic E-state index is -0.220. The third-order valence-corrected chi connectivity index (χ3v) is 5.86. The molecule has 2 aromatic rings. The molecule has 0 spiro atoms. The molecule has 0 atom stereocenters. The molecule has 154 valence electrons. The number of nitrogens with one attached hydrogen (secondary N) is 1. The van der Waals surface area contributed by atoms with Crippen LogP contribution in [-0.4, -0.2) is 34.2 Å². The fraction of sp³-hybridized carbons (Fsp3) is 0.174. The molecule has 2 amide bonds. The van der Waals surface area contributed by atoms with Crippen LogP contribution in [0.25, 0.3) is 6.08 Å². The standard InChI is InChI=1S/C23H22N2O3S2/c1-4-12-25-22(27)19(30-23(25)29)13-17-8-10-18(11-9-17)28-14-20(26)24-21-15(2)6-5-7-16(21)3/h4-11,13H,1,12,14H2,2-3H3,(H,24,26)/b19-13-. The van der Waals surface area contributed by atoms with E-state index in [2.05, 4.69) is 11.9 Å². The molecule has 30 heavy (non-hydrogen) atoms. The fourth-order valence-electron chi connectivity index (χ4n) is 2.93. The molecule has 5 nitrogen and oxygen atoms in total. The molecule has 0 bridgehead atoms. The van der Waals surface area contributed by atoms with Gasteiger partial charge in [-0.1, -0.05) is 60.4 Å². The summed E-state index contributed by atoms with van der Waals surface area (Å²) in [5.41, 5.74) is 3.68. The van der Waals surface area contributed by atoms with E-state index >= 15 is 0 Å². The summed E-state index contributed by atoms with van der Waals surface area (Å²) in [4.78, 5) is 26.7. The zero-order valence-electron chi connectivity index (χ0n) is 16.8.